The zero-order valence-corrected chi connectivity index (χ0v) is 13.6. The molecule has 6 heteroatoms. The third-order valence-electron chi connectivity index (χ3n) is 3.54. The van der Waals surface area contributed by atoms with Gasteiger partial charge in [-0.2, -0.15) is 11.8 Å². The van der Waals surface area contributed by atoms with Gasteiger partial charge in [0.15, 0.2) is 11.5 Å². The zero-order chi connectivity index (χ0) is 16.0. The topological polar surface area (TPSA) is 86.8 Å². The summed E-state index contributed by atoms with van der Waals surface area (Å²) in [4.78, 5) is 14.1. The van der Waals surface area contributed by atoms with E-state index in [4.69, 9.17) is 5.73 Å². The maximum atomic E-state index is 12.4. The maximum Gasteiger partial charge on any atom is 0.239 e. The molecule has 0 radical (unpaired) electrons. The monoisotopic (exact) mass is 312 g/mol. The Bertz CT molecular complexity index is 482. The SMILES string of the molecule is CCC(CSC)N(C)C(=O)[C@@H](N)Cc1ccc(O)c(O)c1. The molecule has 0 aromatic heterocycles. The molecule has 5 nitrogen and oxygen atoms in total. The summed E-state index contributed by atoms with van der Waals surface area (Å²) in [5.74, 6) is 0.394. The van der Waals surface area contributed by atoms with Crippen LogP contribution in [0.4, 0.5) is 0 Å². The van der Waals surface area contributed by atoms with Gasteiger partial charge in [-0.25, -0.2) is 0 Å². The fourth-order valence-electron chi connectivity index (χ4n) is 2.17. The van der Waals surface area contributed by atoms with Crippen molar-refractivity contribution in [1.82, 2.24) is 4.90 Å². The summed E-state index contributed by atoms with van der Waals surface area (Å²) in [6.07, 6.45) is 3.22. The van der Waals surface area contributed by atoms with E-state index in [1.807, 2.05) is 13.2 Å². The van der Waals surface area contributed by atoms with Crippen molar-refractivity contribution >= 4 is 17.7 Å². The van der Waals surface area contributed by atoms with Gasteiger partial charge in [0.05, 0.1) is 6.04 Å². The Morgan fingerprint density at radius 2 is 2.05 bits per heavy atom. The van der Waals surface area contributed by atoms with Gasteiger partial charge >= 0.3 is 0 Å². The molecule has 2 atom stereocenters. The highest BCUT2D eigenvalue weighted by atomic mass is 32.2. The Morgan fingerprint density at radius 3 is 2.57 bits per heavy atom. The van der Waals surface area contributed by atoms with Crippen LogP contribution in [0.3, 0.4) is 0 Å². The van der Waals surface area contributed by atoms with Crippen molar-refractivity contribution in [2.24, 2.45) is 5.73 Å². The first-order valence-corrected chi connectivity index (χ1v) is 8.32. The number of phenolic OH excluding ortho intramolecular Hbond substituents is 2. The van der Waals surface area contributed by atoms with Gasteiger partial charge in [0.2, 0.25) is 5.91 Å². The number of phenols is 2. The summed E-state index contributed by atoms with van der Waals surface area (Å²) in [5, 5.41) is 18.7. The molecule has 0 fully saturated rings. The van der Waals surface area contributed by atoms with Gasteiger partial charge in [-0.05, 0) is 36.8 Å². The number of benzene rings is 1. The standard InChI is InChI=1S/C15H24N2O3S/c1-4-11(9-21-3)17(2)15(20)12(16)7-10-5-6-13(18)14(19)8-10/h5-6,8,11-12,18-19H,4,7,9,16H2,1-3H3/t11?,12-/m0/s1. The summed E-state index contributed by atoms with van der Waals surface area (Å²) in [5.41, 5.74) is 6.70. The number of aromatic hydroxyl groups is 2. The lowest BCUT2D eigenvalue weighted by Gasteiger charge is -2.29. The quantitative estimate of drug-likeness (QED) is 0.665. The summed E-state index contributed by atoms with van der Waals surface area (Å²) >= 11 is 1.70. The molecule has 1 rings (SSSR count). The van der Waals surface area contributed by atoms with E-state index in [0.29, 0.717) is 6.42 Å². The van der Waals surface area contributed by atoms with Crippen LogP contribution in [0, 0.1) is 0 Å². The highest BCUT2D eigenvalue weighted by molar-refractivity contribution is 7.98. The van der Waals surface area contributed by atoms with Crippen molar-refractivity contribution in [2.45, 2.75) is 31.8 Å². The molecule has 0 spiro atoms. The fourth-order valence-corrected chi connectivity index (χ4v) is 3.02. The second-order valence-corrected chi connectivity index (χ2v) is 6.01. The average molecular weight is 312 g/mol. The Hall–Kier alpha value is -1.40. The second kappa shape index (κ2) is 8.14. The van der Waals surface area contributed by atoms with Crippen molar-refractivity contribution in [2.75, 3.05) is 19.1 Å². The largest absolute Gasteiger partial charge is 0.504 e. The Balaban J connectivity index is 2.71. The van der Waals surface area contributed by atoms with Crippen LogP contribution in [0.25, 0.3) is 0 Å². The van der Waals surface area contributed by atoms with Gasteiger partial charge in [-0.3, -0.25) is 4.79 Å². The predicted octanol–water partition coefficient (Wildman–Crippen LogP) is 1.57. The van der Waals surface area contributed by atoms with Gasteiger partial charge in [0.1, 0.15) is 0 Å². The van der Waals surface area contributed by atoms with Crippen molar-refractivity contribution in [3.05, 3.63) is 23.8 Å². The summed E-state index contributed by atoms with van der Waals surface area (Å²) in [6.45, 7) is 2.05. The van der Waals surface area contributed by atoms with Crippen LogP contribution in [-0.4, -0.2) is 52.2 Å². The number of hydrogen-bond acceptors (Lipinski definition) is 5. The molecule has 0 saturated heterocycles. The van der Waals surface area contributed by atoms with Crippen molar-refractivity contribution in [1.29, 1.82) is 0 Å². The number of rotatable bonds is 7. The molecule has 0 aliphatic carbocycles. The van der Waals surface area contributed by atoms with E-state index in [2.05, 4.69) is 0 Å². The summed E-state index contributed by atoms with van der Waals surface area (Å²) in [7, 11) is 1.78. The lowest BCUT2D eigenvalue weighted by atomic mass is 10.0. The summed E-state index contributed by atoms with van der Waals surface area (Å²) in [6, 6.07) is 4.00. The number of nitrogens with zero attached hydrogens (tertiary/aromatic N) is 1. The number of nitrogens with two attached hydrogens (primary N) is 1. The third kappa shape index (κ3) is 4.82. The van der Waals surface area contributed by atoms with E-state index in [9.17, 15) is 15.0 Å². The van der Waals surface area contributed by atoms with Crippen LogP contribution in [0.2, 0.25) is 0 Å². The molecular weight excluding hydrogens is 288 g/mol. The van der Waals surface area contributed by atoms with Crippen LogP contribution in [0.15, 0.2) is 18.2 Å². The van der Waals surface area contributed by atoms with E-state index in [1.165, 1.54) is 12.1 Å². The van der Waals surface area contributed by atoms with Crippen LogP contribution >= 0.6 is 11.8 Å². The van der Waals surface area contributed by atoms with Crippen LogP contribution in [0.5, 0.6) is 11.5 Å². The van der Waals surface area contributed by atoms with Gasteiger partial charge in [0.25, 0.3) is 0 Å². The van der Waals surface area contributed by atoms with E-state index in [-0.39, 0.29) is 23.4 Å². The fraction of sp³-hybridized carbons (Fsp3) is 0.533. The van der Waals surface area contributed by atoms with E-state index in [0.717, 1.165) is 17.7 Å². The minimum absolute atomic E-state index is 0.108. The number of amides is 1. The Kier molecular flexibility index (Phi) is 6.84. The van der Waals surface area contributed by atoms with Gasteiger partial charge in [0, 0.05) is 18.8 Å². The smallest absolute Gasteiger partial charge is 0.239 e. The number of carbonyl (C=O) groups excluding carboxylic acids is 1. The molecule has 4 N–H and O–H groups in total. The number of likely N-dealkylation sites (N-methyl/N-ethyl adjacent to an activating group) is 1. The number of thioether (sulfide) groups is 1. The van der Waals surface area contributed by atoms with Crippen molar-refractivity contribution < 1.29 is 15.0 Å². The van der Waals surface area contributed by atoms with Crippen molar-refractivity contribution in [3.8, 4) is 11.5 Å². The molecule has 0 saturated carbocycles. The van der Waals surface area contributed by atoms with E-state index < -0.39 is 6.04 Å². The lowest BCUT2D eigenvalue weighted by Crippen LogP contribution is -2.48. The molecule has 1 aromatic rings. The van der Waals surface area contributed by atoms with Gasteiger partial charge < -0.3 is 20.8 Å². The van der Waals surface area contributed by atoms with Gasteiger partial charge in [-0.15, -0.1) is 0 Å². The normalized spacial score (nSPS) is 13.7. The molecule has 0 bridgehead atoms. The molecule has 21 heavy (non-hydrogen) atoms. The highest BCUT2D eigenvalue weighted by Crippen LogP contribution is 2.25. The molecule has 0 aliphatic heterocycles. The molecule has 118 valence electrons. The highest BCUT2D eigenvalue weighted by Gasteiger charge is 2.23. The van der Waals surface area contributed by atoms with Crippen molar-refractivity contribution in [3.63, 3.8) is 0 Å². The molecule has 1 aromatic carbocycles. The molecule has 1 unspecified atom stereocenters. The molecule has 0 heterocycles. The Morgan fingerprint density at radius 1 is 1.38 bits per heavy atom. The summed E-state index contributed by atoms with van der Waals surface area (Å²) < 4.78 is 0. The number of hydrogen-bond donors (Lipinski definition) is 3. The molecular formula is C15H24N2O3S. The first kappa shape index (κ1) is 17.7. The van der Waals surface area contributed by atoms with E-state index in [1.54, 1.807) is 29.8 Å². The second-order valence-electron chi connectivity index (χ2n) is 5.10. The average Bonchev–Trinajstić information content (AvgIpc) is 2.47. The minimum atomic E-state index is -0.658. The first-order chi connectivity index (χ1) is 9.90. The zero-order valence-electron chi connectivity index (χ0n) is 12.7. The van der Waals surface area contributed by atoms with Gasteiger partial charge in [-0.1, -0.05) is 13.0 Å². The predicted molar refractivity (Wildman–Crippen MR) is 86.7 cm³/mol. The van der Waals surface area contributed by atoms with Crippen LogP contribution in [-0.2, 0) is 11.2 Å². The van der Waals surface area contributed by atoms with E-state index >= 15 is 0 Å². The number of carbonyl (C=O) groups is 1. The van der Waals surface area contributed by atoms with Crippen LogP contribution in [0.1, 0.15) is 18.9 Å². The first-order valence-electron chi connectivity index (χ1n) is 6.92. The van der Waals surface area contributed by atoms with Crippen LogP contribution < -0.4 is 5.73 Å². The molecule has 0 aliphatic rings. The molecule has 1 amide bonds. The minimum Gasteiger partial charge on any atom is -0.504 e. The third-order valence-corrected chi connectivity index (χ3v) is 4.26. The lowest BCUT2D eigenvalue weighted by molar-refractivity contribution is -0.133. The Labute approximate surface area is 130 Å². The maximum absolute atomic E-state index is 12.4.